The molecule has 1 saturated heterocycles. The third-order valence-corrected chi connectivity index (χ3v) is 5.51. The minimum absolute atomic E-state index is 0.00268. The van der Waals surface area contributed by atoms with Crippen LogP contribution in [0.1, 0.15) is 73.6 Å². The summed E-state index contributed by atoms with van der Waals surface area (Å²) in [4.78, 5) is 0. The van der Waals surface area contributed by atoms with Crippen molar-refractivity contribution in [2.75, 3.05) is 0 Å². The first-order valence-electron chi connectivity index (χ1n) is 7.02. The van der Waals surface area contributed by atoms with E-state index in [0.29, 0.717) is 0 Å². The topological polar surface area (TPSA) is 18.5 Å². The van der Waals surface area contributed by atoms with Crippen molar-refractivity contribution >= 4 is 0 Å². The van der Waals surface area contributed by atoms with Crippen LogP contribution in [0.5, 0.6) is 0 Å². The van der Waals surface area contributed by atoms with Crippen LogP contribution in [0.3, 0.4) is 0 Å². The predicted molar refractivity (Wildman–Crippen MR) is 69.9 cm³/mol. The second kappa shape index (κ2) is 3.71. The zero-order valence-electron chi connectivity index (χ0n) is 12.4. The van der Waals surface area contributed by atoms with Gasteiger partial charge >= 0.3 is 0 Å². The van der Waals surface area contributed by atoms with E-state index in [1.165, 1.54) is 19.3 Å². The molecule has 1 heterocycles. The fourth-order valence-electron chi connectivity index (χ4n) is 3.23. The molecule has 0 atom stereocenters. The van der Waals surface area contributed by atoms with E-state index in [-0.39, 0.29) is 22.4 Å². The first kappa shape index (κ1) is 13.4. The Morgan fingerprint density at radius 2 is 1.06 bits per heavy atom. The van der Waals surface area contributed by atoms with Crippen molar-refractivity contribution in [3.05, 3.63) is 0 Å². The molecule has 2 aliphatic rings. The maximum atomic E-state index is 6.43. The van der Waals surface area contributed by atoms with E-state index < -0.39 is 0 Å². The van der Waals surface area contributed by atoms with Gasteiger partial charge in [0.2, 0.25) is 0 Å². The van der Waals surface area contributed by atoms with Crippen molar-refractivity contribution in [3.63, 3.8) is 0 Å². The summed E-state index contributed by atoms with van der Waals surface area (Å²) in [5.74, 6) is -0.319. The quantitative estimate of drug-likeness (QED) is 0.629. The Kier molecular flexibility index (Phi) is 2.91. The third-order valence-electron chi connectivity index (χ3n) is 5.51. The van der Waals surface area contributed by atoms with Crippen LogP contribution in [0.2, 0.25) is 0 Å². The van der Waals surface area contributed by atoms with Gasteiger partial charge in [0.15, 0.2) is 5.79 Å². The van der Waals surface area contributed by atoms with E-state index in [0.717, 1.165) is 12.8 Å². The minimum atomic E-state index is -0.319. The van der Waals surface area contributed by atoms with Crippen molar-refractivity contribution in [1.82, 2.24) is 0 Å². The number of hydrogen-bond donors (Lipinski definition) is 0. The first-order chi connectivity index (χ1) is 7.62. The van der Waals surface area contributed by atoms with Gasteiger partial charge in [-0.05, 0) is 40.5 Å². The van der Waals surface area contributed by atoms with Crippen LogP contribution >= 0.6 is 0 Å². The van der Waals surface area contributed by atoms with Crippen molar-refractivity contribution in [1.29, 1.82) is 0 Å². The number of rotatable bonds is 0. The third kappa shape index (κ3) is 1.94. The van der Waals surface area contributed by atoms with Gasteiger partial charge in [-0.1, -0.05) is 20.3 Å². The molecule has 0 unspecified atom stereocenters. The molecule has 1 aliphatic carbocycles. The van der Waals surface area contributed by atoms with Crippen LogP contribution in [0.15, 0.2) is 0 Å². The Labute approximate surface area is 106 Å². The molecule has 0 radical (unpaired) electrons. The lowest BCUT2D eigenvalue weighted by Crippen LogP contribution is -2.67. The largest absolute Gasteiger partial charge is 0.343 e. The van der Waals surface area contributed by atoms with E-state index in [1.54, 1.807) is 0 Å². The summed E-state index contributed by atoms with van der Waals surface area (Å²) >= 11 is 0. The summed E-state index contributed by atoms with van der Waals surface area (Å²) < 4.78 is 12.9. The molecule has 2 rings (SSSR count). The molecule has 0 aromatic carbocycles. The molecule has 0 amide bonds. The first-order valence-corrected chi connectivity index (χ1v) is 7.02. The molecule has 17 heavy (non-hydrogen) atoms. The highest BCUT2D eigenvalue weighted by Crippen LogP contribution is 2.55. The molecule has 1 spiro atoms. The molecular formula is C15H28O2. The molecule has 0 N–H and O–H groups in total. The Hall–Kier alpha value is -0.0800. The average Bonchev–Trinajstić information content (AvgIpc) is 2.14. The standard InChI is InChI=1S/C15H28O2/c1-12(2)13(3,4)16-15(17-14(12,5)6)10-8-7-9-11-15/h7-11H2,1-6H3. The highest BCUT2D eigenvalue weighted by Gasteiger charge is 2.60. The zero-order chi connectivity index (χ0) is 12.9. The second-order valence-corrected chi connectivity index (χ2v) is 7.32. The summed E-state index contributed by atoms with van der Waals surface area (Å²) in [6.45, 7) is 13.4. The van der Waals surface area contributed by atoms with Gasteiger partial charge in [0, 0.05) is 18.3 Å². The summed E-state index contributed by atoms with van der Waals surface area (Å²) in [5.41, 5.74) is -0.291. The van der Waals surface area contributed by atoms with E-state index >= 15 is 0 Å². The van der Waals surface area contributed by atoms with Crippen molar-refractivity contribution < 1.29 is 9.47 Å². The smallest absolute Gasteiger partial charge is 0.169 e. The lowest BCUT2D eigenvalue weighted by molar-refractivity contribution is -0.416. The molecule has 0 aromatic rings. The monoisotopic (exact) mass is 240 g/mol. The Balaban J connectivity index is 2.32. The predicted octanol–water partition coefficient (Wildman–Crippen LogP) is 4.28. The summed E-state index contributed by atoms with van der Waals surface area (Å²) in [6, 6.07) is 0. The normalized spacial score (nSPS) is 33.5. The van der Waals surface area contributed by atoms with Gasteiger partial charge in [-0.2, -0.15) is 0 Å². The Morgan fingerprint density at radius 1 is 0.647 bits per heavy atom. The highest BCUT2D eigenvalue weighted by atomic mass is 16.7. The number of hydrogen-bond acceptors (Lipinski definition) is 2. The van der Waals surface area contributed by atoms with E-state index in [4.69, 9.17) is 9.47 Å². The average molecular weight is 240 g/mol. The van der Waals surface area contributed by atoms with Crippen molar-refractivity contribution in [3.8, 4) is 0 Å². The molecule has 2 nitrogen and oxygen atoms in total. The molecule has 1 saturated carbocycles. The molecule has 2 heteroatoms. The van der Waals surface area contributed by atoms with Crippen LogP contribution in [0.4, 0.5) is 0 Å². The molecule has 100 valence electrons. The minimum Gasteiger partial charge on any atom is -0.343 e. The lowest BCUT2D eigenvalue weighted by atomic mass is 9.64. The summed E-state index contributed by atoms with van der Waals surface area (Å²) in [7, 11) is 0. The van der Waals surface area contributed by atoms with Gasteiger partial charge < -0.3 is 9.47 Å². The van der Waals surface area contributed by atoms with E-state index in [9.17, 15) is 0 Å². The lowest BCUT2D eigenvalue weighted by Gasteiger charge is -2.62. The van der Waals surface area contributed by atoms with Crippen LogP contribution in [0.25, 0.3) is 0 Å². The molecular weight excluding hydrogens is 212 g/mol. The zero-order valence-corrected chi connectivity index (χ0v) is 12.4. The molecule has 1 aliphatic heterocycles. The van der Waals surface area contributed by atoms with Gasteiger partial charge in [-0.15, -0.1) is 0 Å². The second-order valence-electron chi connectivity index (χ2n) is 7.32. The van der Waals surface area contributed by atoms with Gasteiger partial charge in [0.05, 0.1) is 11.2 Å². The maximum absolute atomic E-state index is 6.43. The highest BCUT2D eigenvalue weighted by molar-refractivity contribution is 5.05. The molecule has 2 fully saturated rings. The fraction of sp³-hybridized carbons (Fsp3) is 1.00. The van der Waals surface area contributed by atoms with Gasteiger partial charge in [0.25, 0.3) is 0 Å². The Morgan fingerprint density at radius 3 is 1.47 bits per heavy atom. The van der Waals surface area contributed by atoms with Gasteiger partial charge in [0.1, 0.15) is 0 Å². The van der Waals surface area contributed by atoms with E-state index in [1.807, 2.05) is 0 Å². The van der Waals surface area contributed by atoms with Crippen LogP contribution in [0, 0.1) is 5.41 Å². The molecule has 0 bridgehead atoms. The molecule has 0 aromatic heterocycles. The van der Waals surface area contributed by atoms with Crippen molar-refractivity contribution in [2.45, 2.75) is 90.6 Å². The van der Waals surface area contributed by atoms with Crippen LogP contribution in [-0.4, -0.2) is 17.0 Å². The van der Waals surface area contributed by atoms with Crippen LogP contribution in [-0.2, 0) is 9.47 Å². The Bertz CT molecular complexity index is 274. The van der Waals surface area contributed by atoms with Crippen molar-refractivity contribution in [2.24, 2.45) is 5.41 Å². The summed E-state index contributed by atoms with van der Waals surface area (Å²) in [5, 5.41) is 0. The van der Waals surface area contributed by atoms with E-state index in [2.05, 4.69) is 41.5 Å². The van der Waals surface area contributed by atoms with Gasteiger partial charge in [-0.25, -0.2) is 0 Å². The fourth-order valence-corrected chi connectivity index (χ4v) is 3.23. The van der Waals surface area contributed by atoms with Crippen LogP contribution < -0.4 is 0 Å². The van der Waals surface area contributed by atoms with Gasteiger partial charge in [-0.3, -0.25) is 0 Å². The maximum Gasteiger partial charge on any atom is 0.169 e. The SMILES string of the molecule is CC1(C)OC2(CCCCC2)OC(C)(C)C1(C)C. The number of ether oxygens (including phenoxy) is 2. The summed E-state index contributed by atoms with van der Waals surface area (Å²) in [6.07, 6.45) is 5.88.